The molecule has 3 aromatic heterocycles. The van der Waals surface area contributed by atoms with Gasteiger partial charge in [0.25, 0.3) is 0 Å². The number of nitrogens with zero attached hydrogens (tertiary/aromatic N) is 4. The Kier molecular flexibility index (Phi) is 3.33. The summed E-state index contributed by atoms with van der Waals surface area (Å²) in [5.41, 5.74) is 2.71. The molecule has 1 saturated carbocycles. The van der Waals surface area contributed by atoms with Gasteiger partial charge in [-0.05, 0) is 37.2 Å². The molecule has 0 saturated heterocycles. The van der Waals surface area contributed by atoms with Crippen LogP contribution in [0.15, 0.2) is 18.5 Å². The molecule has 0 radical (unpaired) electrons. The fourth-order valence-electron chi connectivity index (χ4n) is 4.06. The van der Waals surface area contributed by atoms with Crippen molar-refractivity contribution in [2.75, 3.05) is 6.61 Å². The Morgan fingerprint density at radius 3 is 3.09 bits per heavy atom. The Morgan fingerprint density at radius 2 is 2.27 bits per heavy atom. The molecule has 6 heteroatoms. The van der Waals surface area contributed by atoms with Gasteiger partial charge in [-0.25, -0.2) is 4.98 Å². The smallest absolute Gasteiger partial charge is 0.179 e. The van der Waals surface area contributed by atoms with Gasteiger partial charge in [0, 0.05) is 18.7 Å². The van der Waals surface area contributed by atoms with Gasteiger partial charge in [0.2, 0.25) is 0 Å². The van der Waals surface area contributed by atoms with Gasteiger partial charge >= 0.3 is 0 Å². The zero-order chi connectivity index (χ0) is 15.1. The fraction of sp³-hybridized carbons (Fsp3) is 0.562. The van der Waals surface area contributed by atoms with Crippen molar-refractivity contribution in [1.29, 1.82) is 0 Å². The van der Waals surface area contributed by atoms with E-state index in [-0.39, 0.29) is 6.61 Å². The van der Waals surface area contributed by atoms with Crippen LogP contribution in [0.2, 0.25) is 0 Å². The summed E-state index contributed by atoms with van der Waals surface area (Å²) in [5, 5.41) is 18.1. The van der Waals surface area contributed by atoms with Crippen LogP contribution < -0.4 is 0 Å². The third-order valence-electron chi connectivity index (χ3n) is 5.15. The highest BCUT2D eigenvalue weighted by molar-refractivity contribution is 5.74. The van der Waals surface area contributed by atoms with Crippen LogP contribution in [0.1, 0.15) is 44.3 Å². The normalized spacial score (nSPS) is 25.5. The van der Waals surface area contributed by atoms with Crippen molar-refractivity contribution < 1.29 is 5.11 Å². The number of aromatic nitrogens is 5. The van der Waals surface area contributed by atoms with Gasteiger partial charge in [-0.2, -0.15) is 0 Å². The van der Waals surface area contributed by atoms with Crippen LogP contribution in [0.25, 0.3) is 16.8 Å². The molecule has 0 bridgehead atoms. The number of aromatic amines is 1. The first kappa shape index (κ1) is 13.7. The minimum Gasteiger partial charge on any atom is -0.396 e. The van der Waals surface area contributed by atoms with Gasteiger partial charge in [-0.15, -0.1) is 10.2 Å². The topological polar surface area (TPSA) is 79.1 Å². The molecule has 0 spiro atoms. The van der Waals surface area contributed by atoms with Crippen molar-refractivity contribution in [1.82, 2.24) is 24.6 Å². The van der Waals surface area contributed by atoms with E-state index in [9.17, 15) is 5.11 Å². The Bertz CT molecular complexity index is 792. The molecule has 4 rings (SSSR count). The molecule has 0 aliphatic heterocycles. The molecule has 0 amide bonds. The molecule has 1 fully saturated rings. The van der Waals surface area contributed by atoms with Crippen LogP contribution in [-0.2, 0) is 0 Å². The summed E-state index contributed by atoms with van der Waals surface area (Å²) in [5.74, 6) is 2.67. The molecule has 0 aromatic carbocycles. The molecule has 3 aromatic rings. The summed E-state index contributed by atoms with van der Waals surface area (Å²) in [6, 6.07) is 2.03. The van der Waals surface area contributed by atoms with E-state index < -0.39 is 0 Å². The summed E-state index contributed by atoms with van der Waals surface area (Å²) < 4.78 is 2.15. The number of aliphatic hydroxyl groups is 1. The number of H-pyrrole nitrogens is 1. The molecule has 2 N–H and O–H groups in total. The zero-order valence-electron chi connectivity index (χ0n) is 12.7. The van der Waals surface area contributed by atoms with Crippen LogP contribution in [0.3, 0.4) is 0 Å². The van der Waals surface area contributed by atoms with Gasteiger partial charge in [0.15, 0.2) is 11.3 Å². The average molecular weight is 299 g/mol. The third-order valence-corrected chi connectivity index (χ3v) is 5.15. The lowest BCUT2D eigenvalue weighted by Crippen LogP contribution is -2.09. The number of aliphatic hydroxyl groups excluding tert-OH is 1. The lowest BCUT2D eigenvalue weighted by Gasteiger charge is -2.16. The van der Waals surface area contributed by atoms with E-state index in [1.807, 2.05) is 12.3 Å². The van der Waals surface area contributed by atoms with Crippen molar-refractivity contribution in [2.45, 2.75) is 38.5 Å². The van der Waals surface area contributed by atoms with Crippen molar-refractivity contribution >= 4 is 16.8 Å². The predicted molar refractivity (Wildman–Crippen MR) is 83.6 cm³/mol. The van der Waals surface area contributed by atoms with Crippen LogP contribution in [0, 0.1) is 11.8 Å². The predicted octanol–water partition coefficient (Wildman–Crippen LogP) is 2.51. The minimum absolute atomic E-state index is 0.278. The Morgan fingerprint density at radius 1 is 1.36 bits per heavy atom. The molecule has 22 heavy (non-hydrogen) atoms. The highest BCUT2D eigenvalue weighted by Crippen LogP contribution is 2.45. The van der Waals surface area contributed by atoms with E-state index in [1.165, 1.54) is 6.42 Å². The first-order chi connectivity index (χ1) is 10.8. The molecular weight excluding hydrogens is 278 g/mol. The minimum atomic E-state index is 0.278. The number of hydrogen-bond acceptors (Lipinski definition) is 4. The Balaban J connectivity index is 1.81. The van der Waals surface area contributed by atoms with Gasteiger partial charge in [0.1, 0.15) is 5.82 Å². The molecule has 3 heterocycles. The summed E-state index contributed by atoms with van der Waals surface area (Å²) >= 11 is 0. The quantitative estimate of drug-likeness (QED) is 0.776. The first-order valence-corrected chi connectivity index (χ1v) is 8.09. The van der Waals surface area contributed by atoms with E-state index in [4.69, 9.17) is 0 Å². The summed E-state index contributed by atoms with van der Waals surface area (Å²) in [6.07, 6.45) is 7.98. The molecule has 0 unspecified atom stereocenters. The fourth-order valence-corrected chi connectivity index (χ4v) is 4.06. The number of rotatable bonds is 4. The maximum atomic E-state index is 9.24. The standard InChI is InChI=1S/C16H21N5O/c1-2-11-7-10(4-6-22)8-12(11)16-20-19-14-9-18-15-13(21(14)16)3-5-17-15/h3,5,9-12,17,22H,2,4,6-8H2,1H3/t10-,11-,12+/m1/s1. The molecular formula is C16H21N5O. The van der Waals surface area contributed by atoms with Crippen LogP contribution in [-0.4, -0.2) is 36.3 Å². The van der Waals surface area contributed by atoms with Crippen molar-refractivity contribution in [2.24, 2.45) is 11.8 Å². The van der Waals surface area contributed by atoms with Gasteiger partial charge in [0.05, 0.1) is 11.7 Å². The highest BCUT2D eigenvalue weighted by atomic mass is 16.3. The SMILES string of the molecule is CC[C@@H]1C[C@@H](CCO)C[C@@H]1c1nnc2cnc3[nH]ccc3n12. The average Bonchev–Trinajstić information content (AvgIpc) is 3.23. The summed E-state index contributed by atoms with van der Waals surface area (Å²) in [4.78, 5) is 7.53. The maximum absolute atomic E-state index is 9.24. The Hall–Kier alpha value is -1.95. The van der Waals surface area contributed by atoms with E-state index >= 15 is 0 Å². The lowest BCUT2D eigenvalue weighted by atomic mass is 9.93. The number of hydrogen-bond donors (Lipinski definition) is 2. The van der Waals surface area contributed by atoms with E-state index in [0.717, 1.165) is 41.9 Å². The lowest BCUT2D eigenvalue weighted by molar-refractivity contribution is 0.255. The zero-order valence-corrected chi connectivity index (χ0v) is 12.7. The number of nitrogens with one attached hydrogen (secondary N) is 1. The molecule has 1 aliphatic carbocycles. The summed E-state index contributed by atoms with van der Waals surface area (Å²) in [6.45, 7) is 2.52. The van der Waals surface area contributed by atoms with Crippen molar-refractivity contribution in [3.63, 3.8) is 0 Å². The monoisotopic (exact) mass is 299 g/mol. The van der Waals surface area contributed by atoms with Gasteiger partial charge in [-0.1, -0.05) is 13.3 Å². The highest BCUT2D eigenvalue weighted by Gasteiger charge is 2.36. The molecule has 6 nitrogen and oxygen atoms in total. The molecule has 116 valence electrons. The first-order valence-electron chi connectivity index (χ1n) is 8.09. The van der Waals surface area contributed by atoms with Crippen molar-refractivity contribution in [3.05, 3.63) is 24.3 Å². The van der Waals surface area contributed by atoms with E-state index in [0.29, 0.717) is 17.8 Å². The second-order valence-corrected chi connectivity index (χ2v) is 6.35. The van der Waals surface area contributed by atoms with Crippen molar-refractivity contribution in [3.8, 4) is 0 Å². The number of fused-ring (bicyclic) bond motifs is 3. The van der Waals surface area contributed by atoms with Gasteiger partial charge < -0.3 is 10.1 Å². The second-order valence-electron chi connectivity index (χ2n) is 6.35. The van der Waals surface area contributed by atoms with Crippen LogP contribution >= 0.6 is 0 Å². The van der Waals surface area contributed by atoms with E-state index in [2.05, 4.69) is 31.5 Å². The molecule has 3 atom stereocenters. The van der Waals surface area contributed by atoms with Gasteiger partial charge in [-0.3, -0.25) is 4.40 Å². The maximum Gasteiger partial charge on any atom is 0.179 e. The molecule has 1 aliphatic rings. The summed E-state index contributed by atoms with van der Waals surface area (Å²) in [7, 11) is 0. The van der Waals surface area contributed by atoms with Crippen LogP contribution in [0.4, 0.5) is 0 Å². The van der Waals surface area contributed by atoms with E-state index in [1.54, 1.807) is 6.20 Å². The largest absolute Gasteiger partial charge is 0.396 e. The van der Waals surface area contributed by atoms with Crippen LogP contribution in [0.5, 0.6) is 0 Å². The second kappa shape index (κ2) is 5.35. The third kappa shape index (κ3) is 2.01. The Labute approximate surface area is 128 Å².